The second-order valence-corrected chi connectivity index (χ2v) is 8.21. The van der Waals surface area contributed by atoms with Crippen molar-refractivity contribution in [3.05, 3.63) is 42.0 Å². The number of allylic oxidation sites excluding steroid dienone is 2. The van der Waals surface area contributed by atoms with Crippen LogP contribution in [0.2, 0.25) is 0 Å². The number of esters is 2. The number of rotatable bonds is 2. The van der Waals surface area contributed by atoms with Crippen molar-refractivity contribution < 1.29 is 19.1 Å². The van der Waals surface area contributed by atoms with Gasteiger partial charge in [0.1, 0.15) is 5.75 Å². The first-order chi connectivity index (χ1) is 12.0. The van der Waals surface area contributed by atoms with Crippen molar-refractivity contribution in [2.45, 2.75) is 38.0 Å². The van der Waals surface area contributed by atoms with Crippen molar-refractivity contribution in [2.24, 2.45) is 22.7 Å². The zero-order chi connectivity index (χ0) is 17.4. The van der Waals surface area contributed by atoms with E-state index < -0.39 is 11.3 Å². The zero-order valence-corrected chi connectivity index (χ0v) is 14.6. The standard InChI is InChI=1S/C21H22O4/c1-19-9-3-4-10-20(19)11-12-21(19,13-5-7-14(24-2)8-6-13)16-15(20)17(22)25-18(16)23/h5-8,11-12,15-16H,3-4,9-10H2,1-2H3/t15-,16+,19+,20+,21+/m1/s1. The molecule has 1 saturated heterocycles. The summed E-state index contributed by atoms with van der Waals surface area (Å²) in [6.07, 6.45) is 8.70. The molecule has 1 aromatic carbocycles. The maximum absolute atomic E-state index is 12.7. The molecule has 5 rings (SSSR count). The van der Waals surface area contributed by atoms with E-state index in [4.69, 9.17) is 9.47 Å². The molecule has 3 fully saturated rings. The smallest absolute Gasteiger partial charge is 0.318 e. The average molecular weight is 338 g/mol. The number of cyclic esters (lactones) is 2. The van der Waals surface area contributed by atoms with Crippen molar-refractivity contribution in [1.29, 1.82) is 0 Å². The first kappa shape index (κ1) is 15.2. The highest BCUT2D eigenvalue weighted by Crippen LogP contribution is 2.79. The Kier molecular flexibility index (Phi) is 2.76. The number of hydrogen-bond donors (Lipinski definition) is 0. The summed E-state index contributed by atoms with van der Waals surface area (Å²) in [5, 5.41) is 0. The first-order valence-electron chi connectivity index (χ1n) is 9.11. The molecule has 0 amide bonds. The van der Waals surface area contributed by atoms with E-state index in [9.17, 15) is 9.59 Å². The van der Waals surface area contributed by atoms with Crippen molar-refractivity contribution in [3.8, 4) is 5.75 Å². The van der Waals surface area contributed by atoms with Crippen LogP contribution >= 0.6 is 0 Å². The van der Waals surface area contributed by atoms with Gasteiger partial charge >= 0.3 is 11.9 Å². The lowest BCUT2D eigenvalue weighted by Crippen LogP contribution is -2.48. The number of carbonyl (C=O) groups is 2. The highest BCUT2D eigenvalue weighted by molar-refractivity contribution is 6.00. The molecule has 1 aliphatic heterocycles. The van der Waals surface area contributed by atoms with Gasteiger partial charge in [0.2, 0.25) is 0 Å². The summed E-state index contributed by atoms with van der Waals surface area (Å²) < 4.78 is 10.4. The lowest BCUT2D eigenvalue weighted by molar-refractivity contribution is -0.158. The lowest BCUT2D eigenvalue weighted by Gasteiger charge is -2.50. The molecule has 5 atom stereocenters. The van der Waals surface area contributed by atoms with Crippen molar-refractivity contribution in [3.63, 3.8) is 0 Å². The maximum Gasteiger partial charge on any atom is 0.318 e. The number of fused-ring (bicyclic) bond motifs is 2. The molecule has 2 bridgehead atoms. The largest absolute Gasteiger partial charge is 0.497 e. The van der Waals surface area contributed by atoms with Gasteiger partial charge < -0.3 is 9.47 Å². The fourth-order valence-electron chi connectivity index (χ4n) is 6.69. The summed E-state index contributed by atoms with van der Waals surface area (Å²) >= 11 is 0. The van der Waals surface area contributed by atoms with E-state index in [2.05, 4.69) is 31.2 Å². The van der Waals surface area contributed by atoms with Gasteiger partial charge in [0.05, 0.1) is 18.9 Å². The lowest BCUT2D eigenvalue weighted by atomic mass is 9.52. The van der Waals surface area contributed by atoms with Crippen LogP contribution in [0.5, 0.6) is 5.75 Å². The predicted molar refractivity (Wildman–Crippen MR) is 90.9 cm³/mol. The molecule has 25 heavy (non-hydrogen) atoms. The molecular weight excluding hydrogens is 316 g/mol. The highest BCUT2D eigenvalue weighted by Gasteiger charge is 2.81. The number of hydrogen-bond acceptors (Lipinski definition) is 4. The van der Waals surface area contributed by atoms with Gasteiger partial charge in [0.25, 0.3) is 0 Å². The Morgan fingerprint density at radius 1 is 1.00 bits per heavy atom. The van der Waals surface area contributed by atoms with E-state index in [1.807, 2.05) is 12.1 Å². The molecule has 130 valence electrons. The number of carbonyl (C=O) groups excluding carboxylic acids is 2. The Morgan fingerprint density at radius 3 is 2.40 bits per heavy atom. The van der Waals surface area contributed by atoms with Crippen LogP contribution in [-0.2, 0) is 19.7 Å². The van der Waals surface area contributed by atoms with Gasteiger partial charge in [0, 0.05) is 10.8 Å². The minimum atomic E-state index is -0.465. The molecular formula is C21H22O4. The van der Waals surface area contributed by atoms with Gasteiger partial charge in [-0.25, -0.2) is 0 Å². The molecule has 4 heteroatoms. The monoisotopic (exact) mass is 338 g/mol. The molecule has 4 nitrogen and oxygen atoms in total. The predicted octanol–water partition coefficient (Wildman–Crippen LogP) is 3.40. The minimum absolute atomic E-state index is 0.128. The summed E-state index contributed by atoms with van der Waals surface area (Å²) in [5.41, 5.74) is 0.249. The van der Waals surface area contributed by atoms with E-state index in [1.165, 1.54) is 0 Å². The Morgan fingerprint density at radius 2 is 1.68 bits per heavy atom. The number of ether oxygens (including phenoxy) is 2. The fourth-order valence-corrected chi connectivity index (χ4v) is 6.69. The van der Waals surface area contributed by atoms with Crippen molar-refractivity contribution in [1.82, 2.24) is 0 Å². The SMILES string of the molecule is COc1ccc([C@]23C=C[C@@]4(CCCC[C@]24C)[C@H]2C(=O)OC(=O)[C@H]23)cc1. The Bertz CT molecular complexity index is 810. The first-order valence-corrected chi connectivity index (χ1v) is 9.11. The normalized spacial score (nSPS) is 43.8. The molecule has 1 aromatic rings. The third-order valence-electron chi connectivity index (χ3n) is 7.76. The van der Waals surface area contributed by atoms with Crippen molar-refractivity contribution >= 4 is 11.9 Å². The van der Waals surface area contributed by atoms with E-state index in [1.54, 1.807) is 7.11 Å². The fraction of sp³-hybridized carbons (Fsp3) is 0.524. The minimum Gasteiger partial charge on any atom is -0.497 e. The van der Waals surface area contributed by atoms with Gasteiger partial charge in [-0.15, -0.1) is 0 Å². The molecule has 1 heterocycles. The van der Waals surface area contributed by atoms with Gasteiger partial charge in [-0.3, -0.25) is 9.59 Å². The van der Waals surface area contributed by atoms with Crippen LogP contribution in [-0.4, -0.2) is 19.0 Å². The second kappa shape index (κ2) is 4.54. The molecule has 3 aliphatic carbocycles. The molecule has 0 unspecified atom stereocenters. The highest BCUT2D eigenvalue weighted by atomic mass is 16.6. The summed E-state index contributed by atoms with van der Waals surface area (Å²) in [6, 6.07) is 7.99. The molecule has 0 radical (unpaired) electrons. The second-order valence-electron chi connectivity index (χ2n) is 8.21. The summed E-state index contributed by atoms with van der Waals surface area (Å²) in [7, 11) is 1.65. The maximum atomic E-state index is 12.7. The van der Waals surface area contributed by atoms with Crippen LogP contribution in [0.1, 0.15) is 38.2 Å². The van der Waals surface area contributed by atoms with Crippen LogP contribution in [0.25, 0.3) is 0 Å². The Labute approximate surface area is 147 Å². The van der Waals surface area contributed by atoms with Gasteiger partial charge in [-0.2, -0.15) is 0 Å². The average Bonchev–Trinajstić information content (AvgIpc) is 3.15. The van der Waals surface area contributed by atoms with E-state index in [0.717, 1.165) is 37.0 Å². The third kappa shape index (κ3) is 1.43. The topological polar surface area (TPSA) is 52.6 Å². The Hall–Kier alpha value is -2.10. The molecule has 0 spiro atoms. The molecule has 4 aliphatic rings. The van der Waals surface area contributed by atoms with Crippen LogP contribution in [0, 0.1) is 22.7 Å². The zero-order valence-electron chi connectivity index (χ0n) is 14.6. The van der Waals surface area contributed by atoms with E-state index >= 15 is 0 Å². The molecule has 0 aromatic heterocycles. The van der Waals surface area contributed by atoms with Gasteiger partial charge in [-0.1, -0.05) is 44.1 Å². The van der Waals surface area contributed by atoms with E-state index in [-0.39, 0.29) is 28.7 Å². The molecule has 2 saturated carbocycles. The number of methoxy groups -OCH3 is 1. The summed E-state index contributed by atoms with van der Waals surface area (Å²) in [6.45, 7) is 2.29. The summed E-state index contributed by atoms with van der Waals surface area (Å²) in [5.74, 6) is -0.603. The van der Waals surface area contributed by atoms with Crippen LogP contribution < -0.4 is 4.74 Å². The van der Waals surface area contributed by atoms with Crippen LogP contribution in [0.15, 0.2) is 36.4 Å². The van der Waals surface area contributed by atoms with Crippen LogP contribution in [0.3, 0.4) is 0 Å². The number of benzene rings is 1. The van der Waals surface area contributed by atoms with Crippen molar-refractivity contribution in [2.75, 3.05) is 7.11 Å². The van der Waals surface area contributed by atoms with E-state index in [0.29, 0.717) is 0 Å². The van der Waals surface area contributed by atoms with Crippen LogP contribution in [0.4, 0.5) is 0 Å². The van der Waals surface area contributed by atoms with Gasteiger partial charge in [-0.05, 0) is 36.0 Å². The molecule has 0 N–H and O–H groups in total. The third-order valence-corrected chi connectivity index (χ3v) is 7.76. The van der Waals surface area contributed by atoms with Gasteiger partial charge in [0.15, 0.2) is 0 Å². The summed E-state index contributed by atoms with van der Waals surface area (Å²) in [4.78, 5) is 25.4. The Balaban J connectivity index is 1.77. The quantitative estimate of drug-likeness (QED) is 0.471.